The zero-order valence-electron chi connectivity index (χ0n) is 9.48. The molecule has 0 bridgehead atoms. The molecule has 0 atom stereocenters. The minimum absolute atomic E-state index is 1.14. The van der Waals surface area contributed by atoms with Gasteiger partial charge in [-0.25, -0.2) is 0 Å². The average molecular weight is 219 g/mol. The van der Waals surface area contributed by atoms with Crippen molar-refractivity contribution in [2.24, 2.45) is 0 Å². The first kappa shape index (κ1) is 9.91. The number of para-hydroxylation sites is 1. The van der Waals surface area contributed by atoms with E-state index in [-0.39, 0.29) is 0 Å². The number of hydrogen-bond acceptors (Lipinski definition) is 0. The average Bonchev–Trinajstić information content (AvgIpc) is 2.82. The van der Waals surface area contributed by atoms with E-state index in [0.717, 1.165) is 11.3 Å². The van der Waals surface area contributed by atoms with Crippen molar-refractivity contribution in [3.63, 3.8) is 0 Å². The predicted molar refractivity (Wildman–Crippen MR) is 73.8 cm³/mol. The Balaban J connectivity index is 2.10. The fourth-order valence-corrected chi connectivity index (χ4v) is 2.03. The molecule has 0 amide bonds. The molecule has 2 aromatic carbocycles. The van der Waals surface area contributed by atoms with Gasteiger partial charge in [0.25, 0.3) is 0 Å². The number of nitrogens with one attached hydrogen (secondary N) is 1. The van der Waals surface area contributed by atoms with Crippen LogP contribution in [0.3, 0.4) is 0 Å². The first-order valence-electron chi connectivity index (χ1n) is 5.67. The van der Waals surface area contributed by atoms with E-state index in [1.807, 2.05) is 12.1 Å². The fourth-order valence-electron chi connectivity index (χ4n) is 2.03. The lowest BCUT2D eigenvalue weighted by molar-refractivity contribution is 1.45. The second-order valence-electron chi connectivity index (χ2n) is 4.10. The molecule has 0 saturated heterocycles. The van der Waals surface area contributed by atoms with Crippen molar-refractivity contribution in [3.8, 4) is 11.3 Å². The molecule has 0 aliphatic carbocycles. The molecule has 1 heteroatoms. The number of benzene rings is 2. The lowest BCUT2D eigenvalue weighted by Crippen LogP contribution is -1.77. The van der Waals surface area contributed by atoms with E-state index in [4.69, 9.17) is 0 Å². The molecule has 1 aromatic heterocycles. The van der Waals surface area contributed by atoms with Crippen LogP contribution in [0, 0.1) is 0 Å². The lowest BCUT2D eigenvalue weighted by Gasteiger charge is -1.98. The lowest BCUT2D eigenvalue weighted by atomic mass is 10.1. The second-order valence-corrected chi connectivity index (χ2v) is 4.10. The van der Waals surface area contributed by atoms with Crippen LogP contribution in [0.15, 0.2) is 61.2 Å². The van der Waals surface area contributed by atoms with E-state index < -0.39 is 0 Å². The summed E-state index contributed by atoms with van der Waals surface area (Å²) in [6.07, 6.45) is 1.86. The monoisotopic (exact) mass is 219 g/mol. The fraction of sp³-hybridized carbons (Fsp3) is 0. The van der Waals surface area contributed by atoms with E-state index in [9.17, 15) is 0 Å². The molecular weight excluding hydrogens is 206 g/mol. The van der Waals surface area contributed by atoms with Gasteiger partial charge in [-0.1, -0.05) is 55.1 Å². The van der Waals surface area contributed by atoms with E-state index >= 15 is 0 Å². The third kappa shape index (κ3) is 1.76. The first-order chi connectivity index (χ1) is 8.36. The number of fused-ring (bicyclic) bond motifs is 1. The van der Waals surface area contributed by atoms with Gasteiger partial charge in [0.2, 0.25) is 0 Å². The summed E-state index contributed by atoms with van der Waals surface area (Å²) in [6, 6.07) is 18.9. The summed E-state index contributed by atoms with van der Waals surface area (Å²) in [5.41, 5.74) is 4.67. The molecule has 1 N–H and O–H groups in total. The van der Waals surface area contributed by atoms with Gasteiger partial charge >= 0.3 is 0 Å². The third-order valence-electron chi connectivity index (χ3n) is 2.99. The Labute approximate surface area is 100 Å². The maximum absolute atomic E-state index is 3.76. The molecule has 82 valence electrons. The van der Waals surface area contributed by atoms with Gasteiger partial charge < -0.3 is 4.98 Å². The molecule has 3 rings (SSSR count). The van der Waals surface area contributed by atoms with Crippen LogP contribution in [-0.4, -0.2) is 4.98 Å². The molecule has 0 aliphatic heterocycles. The summed E-state index contributed by atoms with van der Waals surface area (Å²) < 4.78 is 0. The summed E-state index contributed by atoms with van der Waals surface area (Å²) in [7, 11) is 0. The normalized spacial score (nSPS) is 10.6. The number of aromatic nitrogens is 1. The molecule has 17 heavy (non-hydrogen) atoms. The van der Waals surface area contributed by atoms with Crippen molar-refractivity contribution >= 4 is 17.0 Å². The standard InChI is InChI=1S/C16H13N/c1-2-12-7-9-13(10-8-12)16-11-14-5-3-4-6-15(14)17-16/h2-11,17H,1H2. The molecule has 0 radical (unpaired) electrons. The smallest absolute Gasteiger partial charge is 0.0464 e. The van der Waals surface area contributed by atoms with Gasteiger partial charge in [-0.2, -0.15) is 0 Å². The molecular formula is C16H13N. The number of aromatic amines is 1. The molecule has 0 saturated carbocycles. The Morgan fingerprint density at radius 1 is 0.941 bits per heavy atom. The highest BCUT2D eigenvalue weighted by atomic mass is 14.7. The van der Waals surface area contributed by atoms with Gasteiger partial charge in [0, 0.05) is 16.6 Å². The van der Waals surface area contributed by atoms with E-state index in [1.54, 1.807) is 0 Å². The van der Waals surface area contributed by atoms with Gasteiger partial charge in [0.15, 0.2) is 0 Å². The van der Waals surface area contributed by atoms with Gasteiger partial charge in [0.05, 0.1) is 0 Å². The Morgan fingerprint density at radius 2 is 1.71 bits per heavy atom. The Bertz CT molecular complexity index is 626. The van der Waals surface area contributed by atoms with Gasteiger partial charge in [-0.05, 0) is 23.3 Å². The molecule has 1 nitrogen and oxygen atoms in total. The summed E-state index contributed by atoms with van der Waals surface area (Å²) in [5, 5.41) is 1.25. The Hall–Kier alpha value is -2.28. The zero-order valence-corrected chi connectivity index (χ0v) is 9.48. The van der Waals surface area contributed by atoms with Crippen LogP contribution in [0.1, 0.15) is 5.56 Å². The third-order valence-corrected chi connectivity index (χ3v) is 2.99. The highest BCUT2D eigenvalue weighted by molar-refractivity contribution is 5.85. The molecule has 0 unspecified atom stereocenters. The van der Waals surface area contributed by atoms with Crippen molar-refractivity contribution in [3.05, 3.63) is 66.7 Å². The van der Waals surface area contributed by atoms with Crippen molar-refractivity contribution in [1.82, 2.24) is 4.98 Å². The van der Waals surface area contributed by atoms with E-state index in [0.29, 0.717) is 0 Å². The molecule has 0 aliphatic rings. The highest BCUT2D eigenvalue weighted by Gasteiger charge is 2.01. The Morgan fingerprint density at radius 3 is 2.41 bits per heavy atom. The maximum atomic E-state index is 3.76. The number of hydrogen-bond donors (Lipinski definition) is 1. The van der Waals surface area contributed by atoms with Crippen molar-refractivity contribution in [2.45, 2.75) is 0 Å². The van der Waals surface area contributed by atoms with Crippen LogP contribution in [0.25, 0.3) is 28.2 Å². The SMILES string of the molecule is C=Cc1ccc(-c2cc3ccccc3[nH]2)cc1. The van der Waals surface area contributed by atoms with Crippen LogP contribution in [0.4, 0.5) is 0 Å². The molecule has 0 spiro atoms. The van der Waals surface area contributed by atoms with Gasteiger partial charge in [0.1, 0.15) is 0 Å². The van der Waals surface area contributed by atoms with Crippen LogP contribution in [0.2, 0.25) is 0 Å². The van der Waals surface area contributed by atoms with E-state index in [1.165, 1.54) is 16.5 Å². The Kier molecular flexibility index (Phi) is 2.30. The molecule has 0 fully saturated rings. The topological polar surface area (TPSA) is 15.8 Å². The number of rotatable bonds is 2. The quantitative estimate of drug-likeness (QED) is 0.654. The van der Waals surface area contributed by atoms with Crippen LogP contribution < -0.4 is 0 Å². The summed E-state index contributed by atoms with van der Waals surface area (Å²) in [6.45, 7) is 3.76. The van der Waals surface area contributed by atoms with Crippen molar-refractivity contribution in [1.29, 1.82) is 0 Å². The van der Waals surface area contributed by atoms with Gasteiger partial charge in [-0.15, -0.1) is 0 Å². The van der Waals surface area contributed by atoms with Crippen LogP contribution >= 0.6 is 0 Å². The largest absolute Gasteiger partial charge is 0.355 e. The molecule has 3 aromatic rings. The minimum atomic E-state index is 1.14. The van der Waals surface area contributed by atoms with Crippen molar-refractivity contribution < 1.29 is 0 Å². The van der Waals surface area contributed by atoms with Crippen LogP contribution in [-0.2, 0) is 0 Å². The molecule has 1 heterocycles. The first-order valence-corrected chi connectivity index (χ1v) is 5.67. The second kappa shape index (κ2) is 3.95. The van der Waals surface area contributed by atoms with Gasteiger partial charge in [-0.3, -0.25) is 0 Å². The van der Waals surface area contributed by atoms with Crippen LogP contribution in [0.5, 0.6) is 0 Å². The highest BCUT2D eigenvalue weighted by Crippen LogP contribution is 2.24. The predicted octanol–water partition coefficient (Wildman–Crippen LogP) is 4.48. The summed E-state index contributed by atoms with van der Waals surface area (Å²) in [5.74, 6) is 0. The van der Waals surface area contributed by atoms with Crippen molar-refractivity contribution in [2.75, 3.05) is 0 Å². The summed E-state index contributed by atoms with van der Waals surface area (Å²) >= 11 is 0. The zero-order chi connectivity index (χ0) is 11.7. The van der Waals surface area contributed by atoms with E-state index in [2.05, 4.69) is 60.1 Å². The minimum Gasteiger partial charge on any atom is -0.355 e. The number of H-pyrrole nitrogens is 1. The maximum Gasteiger partial charge on any atom is 0.0464 e. The summed E-state index contributed by atoms with van der Waals surface area (Å²) in [4.78, 5) is 3.42.